The van der Waals surface area contributed by atoms with Gasteiger partial charge >= 0.3 is 0 Å². The maximum absolute atomic E-state index is 5.37. The summed E-state index contributed by atoms with van der Waals surface area (Å²) < 4.78 is 5.37. The predicted molar refractivity (Wildman–Crippen MR) is 98.2 cm³/mol. The summed E-state index contributed by atoms with van der Waals surface area (Å²) in [5.74, 6) is 2.34. The number of fused-ring (bicyclic) bond motifs is 1. The van der Waals surface area contributed by atoms with E-state index in [-0.39, 0.29) is 0 Å². The van der Waals surface area contributed by atoms with E-state index < -0.39 is 0 Å². The number of ether oxygens (including phenoxy) is 1. The molecule has 3 aromatic heterocycles. The van der Waals surface area contributed by atoms with Crippen molar-refractivity contribution < 1.29 is 4.74 Å². The number of methoxy groups -OCH3 is 1. The molecule has 4 rings (SSSR count). The van der Waals surface area contributed by atoms with Gasteiger partial charge in [-0.2, -0.15) is 16.4 Å². The molecule has 24 heavy (non-hydrogen) atoms. The normalized spacial score (nSPS) is 10.9. The molecule has 4 aromatic rings. The molecule has 0 fully saturated rings. The number of aromatic amines is 1. The summed E-state index contributed by atoms with van der Waals surface area (Å²) in [5.41, 5.74) is 3.03. The van der Waals surface area contributed by atoms with E-state index in [1.54, 1.807) is 18.4 Å². The minimum Gasteiger partial charge on any atom is -0.497 e. The molecule has 0 radical (unpaired) electrons. The Morgan fingerprint density at radius 1 is 1.12 bits per heavy atom. The predicted octanol–water partition coefficient (Wildman–Crippen LogP) is 4.75. The lowest BCUT2D eigenvalue weighted by molar-refractivity contribution is 0.415. The Morgan fingerprint density at radius 2 is 2.04 bits per heavy atom. The van der Waals surface area contributed by atoms with Crippen molar-refractivity contribution >= 4 is 33.7 Å². The van der Waals surface area contributed by atoms with E-state index in [9.17, 15) is 0 Å². The number of rotatable bonds is 4. The Balaban J connectivity index is 1.87. The third-order valence-corrected chi connectivity index (χ3v) is 4.48. The summed E-state index contributed by atoms with van der Waals surface area (Å²) in [6.45, 7) is 1.97. The fraction of sp³-hybridized carbons (Fsp3) is 0.111. The Hall–Kier alpha value is -2.86. The first-order chi connectivity index (χ1) is 11.7. The Bertz CT molecular complexity index is 992. The third-order valence-electron chi connectivity index (χ3n) is 3.80. The van der Waals surface area contributed by atoms with Crippen LogP contribution in [0.5, 0.6) is 5.75 Å². The van der Waals surface area contributed by atoms with Crippen LogP contribution in [0.1, 0.15) is 5.69 Å². The number of hydrogen-bond acceptors (Lipinski definition) is 5. The zero-order chi connectivity index (χ0) is 16.5. The number of benzene rings is 1. The molecule has 0 saturated carbocycles. The van der Waals surface area contributed by atoms with E-state index in [4.69, 9.17) is 9.72 Å². The van der Waals surface area contributed by atoms with E-state index in [0.29, 0.717) is 0 Å². The molecule has 6 heteroatoms. The first kappa shape index (κ1) is 14.7. The SMILES string of the molecule is COc1ccc2cc(Nc3cc(C)[nH]n3)nc(-c3ccsc3)c2c1. The van der Waals surface area contributed by atoms with Crippen LogP contribution < -0.4 is 10.1 Å². The van der Waals surface area contributed by atoms with Crippen molar-refractivity contribution in [1.82, 2.24) is 15.2 Å². The van der Waals surface area contributed by atoms with Crippen molar-refractivity contribution in [2.45, 2.75) is 6.92 Å². The summed E-state index contributed by atoms with van der Waals surface area (Å²) >= 11 is 1.66. The van der Waals surface area contributed by atoms with Crippen molar-refractivity contribution in [3.63, 3.8) is 0 Å². The van der Waals surface area contributed by atoms with Gasteiger partial charge in [0.2, 0.25) is 0 Å². The Morgan fingerprint density at radius 3 is 2.75 bits per heavy atom. The van der Waals surface area contributed by atoms with Gasteiger partial charge in [-0.15, -0.1) is 0 Å². The average molecular weight is 336 g/mol. The van der Waals surface area contributed by atoms with E-state index in [2.05, 4.69) is 32.3 Å². The highest BCUT2D eigenvalue weighted by molar-refractivity contribution is 7.08. The van der Waals surface area contributed by atoms with Crippen molar-refractivity contribution in [3.8, 4) is 17.0 Å². The molecule has 0 spiro atoms. The highest BCUT2D eigenvalue weighted by Gasteiger charge is 2.11. The minimum absolute atomic E-state index is 0.754. The number of aromatic nitrogens is 3. The fourth-order valence-corrected chi connectivity index (χ4v) is 3.29. The number of nitrogens with one attached hydrogen (secondary N) is 2. The van der Waals surface area contributed by atoms with Crippen LogP contribution in [0, 0.1) is 6.92 Å². The second-order valence-corrected chi connectivity index (χ2v) is 6.30. The molecule has 0 atom stereocenters. The topological polar surface area (TPSA) is 62.8 Å². The lowest BCUT2D eigenvalue weighted by Crippen LogP contribution is -1.96. The van der Waals surface area contributed by atoms with E-state index in [0.717, 1.165) is 45.1 Å². The monoisotopic (exact) mass is 336 g/mol. The number of H-pyrrole nitrogens is 1. The molecule has 0 saturated heterocycles. The van der Waals surface area contributed by atoms with Gasteiger partial charge < -0.3 is 10.1 Å². The number of aryl methyl sites for hydroxylation is 1. The molecule has 2 N–H and O–H groups in total. The highest BCUT2D eigenvalue weighted by Crippen LogP contribution is 2.33. The van der Waals surface area contributed by atoms with E-state index in [1.807, 2.05) is 37.3 Å². The van der Waals surface area contributed by atoms with Crippen LogP contribution in [0.3, 0.4) is 0 Å². The van der Waals surface area contributed by atoms with E-state index in [1.165, 1.54) is 0 Å². The van der Waals surface area contributed by atoms with Crippen LogP contribution in [0.15, 0.2) is 47.2 Å². The number of hydrogen-bond donors (Lipinski definition) is 2. The standard InChI is InChI=1S/C18H16N4OS/c1-11-7-17(22-21-11)19-16-8-12-3-4-14(23-2)9-15(12)18(20-16)13-5-6-24-10-13/h3-10H,1-2H3,(H2,19,20,21,22). The lowest BCUT2D eigenvalue weighted by Gasteiger charge is -2.10. The third kappa shape index (κ3) is 2.72. The van der Waals surface area contributed by atoms with Gasteiger partial charge in [0, 0.05) is 28.1 Å². The maximum Gasteiger partial charge on any atom is 0.153 e. The summed E-state index contributed by atoms with van der Waals surface area (Å²) in [7, 11) is 1.68. The smallest absolute Gasteiger partial charge is 0.153 e. The first-order valence-corrected chi connectivity index (χ1v) is 8.47. The van der Waals surface area contributed by atoms with E-state index >= 15 is 0 Å². The molecule has 5 nitrogen and oxygen atoms in total. The van der Waals surface area contributed by atoms with Gasteiger partial charge in [0.25, 0.3) is 0 Å². The molecule has 0 bridgehead atoms. The number of pyridine rings is 1. The summed E-state index contributed by atoms with van der Waals surface area (Å²) in [5, 5.41) is 16.7. The van der Waals surface area contributed by atoms with Crippen LogP contribution in [0.25, 0.3) is 22.0 Å². The molecule has 120 valence electrons. The fourth-order valence-electron chi connectivity index (χ4n) is 2.65. The summed E-state index contributed by atoms with van der Waals surface area (Å²) in [6.07, 6.45) is 0. The summed E-state index contributed by atoms with van der Waals surface area (Å²) in [4.78, 5) is 4.81. The second kappa shape index (κ2) is 5.98. The van der Waals surface area contributed by atoms with Gasteiger partial charge in [-0.3, -0.25) is 5.10 Å². The molecular formula is C18H16N4OS. The summed E-state index contributed by atoms with van der Waals surface area (Å²) in [6, 6.07) is 12.1. The Kier molecular flexibility index (Phi) is 3.66. The van der Waals surface area contributed by atoms with Gasteiger partial charge in [-0.05, 0) is 42.0 Å². The zero-order valence-corrected chi connectivity index (χ0v) is 14.1. The largest absolute Gasteiger partial charge is 0.497 e. The highest BCUT2D eigenvalue weighted by atomic mass is 32.1. The van der Waals surface area contributed by atoms with Crippen LogP contribution in [0.2, 0.25) is 0 Å². The number of anilines is 2. The van der Waals surface area contributed by atoms with Crippen LogP contribution >= 0.6 is 11.3 Å². The molecule has 1 aromatic carbocycles. The zero-order valence-electron chi connectivity index (χ0n) is 13.3. The molecule has 0 aliphatic heterocycles. The minimum atomic E-state index is 0.754. The quantitative estimate of drug-likeness (QED) is 0.565. The van der Waals surface area contributed by atoms with Crippen molar-refractivity contribution in [3.05, 3.63) is 52.9 Å². The van der Waals surface area contributed by atoms with Gasteiger partial charge in [0.15, 0.2) is 5.82 Å². The Labute approximate surface area is 143 Å². The average Bonchev–Trinajstić information content (AvgIpc) is 3.25. The van der Waals surface area contributed by atoms with Gasteiger partial charge in [0.05, 0.1) is 12.8 Å². The van der Waals surface area contributed by atoms with Gasteiger partial charge in [0.1, 0.15) is 11.6 Å². The van der Waals surface area contributed by atoms with Crippen LogP contribution in [-0.2, 0) is 0 Å². The molecule has 0 amide bonds. The molecular weight excluding hydrogens is 320 g/mol. The van der Waals surface area contributed by atoms with Gasteiger partial charge in [-0.1, -0.05) is 6.07 Å². The molecule has 0 unspecified atom stereocenters. The lowest BCUT2D eigenvalue weighted by atomic mass is 10.1. The van der Waals surface area contributed by atoms with Crippen LogP contribution in [-0.4, -0.2) is 22.3 Å². The second-order valence-electron chi connectivity index (χ2n) is 5.52. The van der Waals surface area contributed by atoms with Gasteiger partial charge in [-0.25, -0.2) is 4.98 Å². The van der Waals surface area contributed by atoms with Crippen molar-refractivity contribution in [2.24, 2.45) is 0 Å². The van der Waals surface area contributed by atoms with Crippen molar-refractivity contribution in [1.29, 1.82) is 0 Å². The number of thiophene rings is 1. The van der Waals surface area contributed by atoms with Crippen LogP contribution in [0.4, 0.5) is 11.6 Å². The molecule has 0 aliphatic carbocycles. The maximum atomic E-state index is 5.37. The first-order valence-electron chi connectivity index (χ1n) is 7.53. The number of nitrogens with zero attached hydrogens (tertiary/aromatic N) is 2. The molecule has 3 heterocycles. The molecule has 0 aliphatic rings. The van der Waals surface area contributed by atoms with Crippen molar-refractivity contribution in [2.75, 3.05) is 12.4 Å².